The topological polar surface area (TPSA) is 67.6 Å². The van der Waals surface area contributed by atoms with Crippen molar-refractivity contribution in [1.29, 1.82) is 0 Å². The van der Waals surface area contributed by atoms with Gasteiger partial charge in [-0.25, -0.2) is 0 Å². The Balaban J connectivity index is 3.70. The maximum atomic E-state index is 11.6. The zero-order valence-electron chi connectivity index (χ0n) is 10.7. The van der Waals surface area contributed by atoms with Gasteiger partial charge in [-0.05, 0) is 13.0 Å². The van der Waals surface area contributed by atoms with Crippen molar-refractivity contribution in [2.24, 2.45) is 5.73 Å². The highest BCUT2D eigenvalue weighted by atomic mass is 32.1. The van der Waals surface area contributed by atoms with Gasteiger partial charge in [-0.15, -0.1) is 0 Å². The van der Waals surface area contributed by atoms with Gasteiger partial charge in [-0.2, -0.15) is 0 Å². The number of carbonyl (C=O) groups excluding carboxylic acids is 1. The molecule has 5 nitrogen and oxygen atoms in total. The standard InChI is InChI=1S/C11H23N3O2S/c1-3-14(7-5-10(12)17)9-11(15)13-6-4-8-16-2/h3-9H2,1-2H3,(H2,12,17)(H,13,15). The van der Waals surface area contributed by atoms with Crippen LogP contribution in [0.2, 0.25) is 0 Å². The van der Waals surface area contributed by atoms with E-state index in [1.165, 1.54) is 0 Å². The number of hydrogen-bond acceptors (Lipinski definition) is 4. The van der Waals surface area contributed by atoms with Gasteiger partial charge in [0.1, 0.15) is 0 Å². The van der Waals surface area contributed by atoms with Crippen molar-refractivity contribution in [2.75, 3.05) is 39.9 Å². The SMILES string of the molecule is CCN(CCC(N)=S)CC(=O)NCCCOC. The molecule has 0 aromatic heterocycles. The van der Waals surface area contributed by atoms with Gasteiger partial charge in [-0.1, -0.05) is 19.1 Å². The predicted octanol–water partition coefficient (Wildman–Crippen LogP) is 0.137. The zero-order chi connectivity index (χ0) is 13.1. The van der Waals surface area contributed by atoms with E-state index in [0.29, 0.717) is 31.1 Å². The monoisotopic (exact) mass is 261 g/mol. The smallest absolute Gasteiger partial charge is 0.234 e. The van der Waals surface area contributed by atoms with Crippen LogP contribution >= 0.6 is 12.2 Å². The molecule has 0 aromatic rings. The molecule has 0 aromatic carbocycles. The second-order valence-electron chi connectivity index (χ2n) is 3.78. The zero-order valence-corrected chi connectivity index (χ0v) is 11.5. The lowest BCUT2D eigenvalue weighted by atomic mass is 10.3. The van der Waals surface area contributed by atoms with Crippen LogP contribution in [-0.2, 0) is 9.53 Å². The average Bonchev–Trinajstić information content (AvgIpc) is 2.30. The summed E-state index contributed by atoms with van der Waals surface area (Å²) >= 11 is 4.81. The third kappa shape index (κ3) is 10.2. The van der Waals surface area contributed by atoms with Gasteiger partial charge in [0.05, 0.1) is 11.5 Å². The minimum atomic E-state index is 0.0332. The molecule has 0 fully saturated rings. The number of nitrogens with zero attached hydrogens (tertiary/aromatic N) is 1. The molecule has 3 N–H and O–H groups in total. The summed E-state index contributed by atoms with van der Waals surface area (Å²) in [4.78, 5) is 14.1. The van der Waals surface area contributed by atoms with Gasteiger partial charge in [0, 0.05) is 33.2 Å². The van der Waals surface area contributed by atoms with E-state index in [2.05, 4.69) is 5.32 Å². The first kappa shape index (κ1) is 16.3. The van der Waals surface area contributed by atoms with Crippen LogP contribution in [0.4, 0.5) is 0 Å². The summed E-state index contributed by atoms with van der Waals surface area (Å²) in [5, 5.41) is 2.85. The fraction of sp³-hybridized carbons (Fsp3) is 0.818. The third-order valence-corrected chi connectivity index (χ3v) is 2.54. The van der Waals surface area contributed by atoms with Crippen LogP contribution in [0.3, 0.4) is 0 Å². The number of carbonyl (C=O) groups is 1. The summed E-state index contributed by atoms with van der Waals surface area (Å²) in [5.74, 6) is 0.0332. The van der Waals surface area contributed by atoms with Crippen LogP contribution in [0, 0.1) is 0 Å². The van der Waals surface area contributed by atoms with E-state index in [0.717, 1.165) is 19.5 Å². The molecule has 0 bridgehead atoms. The summed E-state index contributed by atoms with van der Waals surface area (Å²) in [5.41, 5.74) is 5.43. The van der Waals surface area contributed by atoms with Gasteiger partial charge < -0.3 is 15.8 Å². The molecule has 1 amide bonds. The van der Waals surface area contributed by atoms with E-state index < -0.39 is 0 Å². The Bertz CT molecular complexity index is 237. The number of nitrogens with one attached hydrogen (secondary N) is 1. The molecule has 17 heavy (non-hydrogen) atoms. The summed E-state index contributed by atoms with van der Waals surface area (Å²) in [6.45, 7) is 5.27. The number of methoxy groups -OCH3 is 1. The minimum absolute atomic E-state index is 0.0332. The lowest BCUT2D eigenvalue weighted by Crippen LogP contribution is -2.39. The first-order valence-corrected chi connectivity index (χ1v) is 6.27. The van der Waals surface area contributed by atoms with E-state index in [1.54, 1.807) is 7.11 Å². The second kappa shape index (κ2) is 10.4. The van der Waals surface area contributed by atoms with Crippen molar-refractivity contribution in [3.05, 3.63) is 0 Å². The molecule has 0 rings (SSSR count). The van der Waals surface area contributed by atoms with Crippen LogP contribution in [0.15, 0.2) is 0 Å². The molecule has 0 unspecified atom stereocenters. The third-order valence-electron chi connectivity index (χ3n) is 2.34. The highest BCUT2D eigenvalue weighted by molar-refractivity contribution is 7.80. The number of nitrogens with two attached hydrogens (primary N) is 1. The van der Waals surface area contributed by atoms with Crippen molar-refractivity contribution in [3.63, 3.8) is 0 Å². The van der Waals surface area contributed by atoms with Crippen molar-refractivity contribution in [1.82, 2.24) is 10.2 Å². The normalized spacial score (nSPS) is 10.5. The Morgan fingerprint density at radius 2 is 2.24 bits per heavy atom. The first-order valence-electron chi connectivity index (χ1n) is 5.86. The summed E-state index contributed by atoms with van der Waals surface area (Å²) < 4.78 is 4.90. The van der Waals surface area contributed by atoms with Gasteiger partial charge >= 0.3 is 0 Å². The van der Waals surface area contributed by atoms with Crippen LogP contribution in [0.1, 0.15) is 19.8 Å². The van der Waals surface area contributed by atoms with E-state index in [4.69, 9.17) is 22.7 Å². The van der Waals surface area contributed by atoms with Crippen molar-refractivity contribution in [2.45, 2.75) is 19.8 Å². The summed E-state index contributed by atoms with van der Waals surface area (Å²) in [6.07, 6.45) is 1.49. The molecule has 0 aliphatic heterocycles. The van der Waals surface area contributed by atoms with Gasteiger partial charge in [-0.3, -0.25) is 9.69 Å². The highest BCUT2D eigenvalue weighted by Crippen LogP contribution is 1.91. The quantitative estimate of drug-likeness (QED) is 0.432. The Labute approximate surface area is 109 Å². The molecule has 0 aliphatic rings. The van der Waals surface area contributed by atoms with E-state index >= 15 is 0 Å². The van der Waals surface area contributed by atoms with Gasteiger partial charge in [0.25, 0.3) is 0 Å². The number of rotatable bonds is 10. The Hall–Kier alpha value is -0.720. The fourth-order valence-corrected chi connectivity index (χ4v) is 1.41. The van der Waals surface area contributed by atoms with Crippen LogP contribution in [0.5, 0.6) is 0 Å². The lowest BCUT2D eigenvalue weighted by Gasteiger charge is -2.19. The van der Waals surface area contributed by atoms with Crippen molar-refractivity contribution < 1.29 is 9.53 Å². The molecule has 0 atom stereocenters. The number of likely N-dealkylation sites (N-methyl/N-ethyl adjacent to an activating group) is 1. The molecule has 0 aliphatic carbocycles. The Morgan fingerprint density at radius 3 is 2.76 bits per heavy atom. The highest BCUT2D eigenvalue weighted by Gasteiger charge is 2.08. The largest absolute Gasteiger partial charge is 0.393 e. The number of ether oxygens (including phenoxy) is 1. The number of hydrogen-bond donors (Lipinski definition) is 2. The molecular weight excluding hydrogens is 238 g/mol. The number of amides is 1. The predicted molar refractivity (Wildman–Crippen MR) is 73.0 cm³/mol. The summed E-state index contributed by atoms with van der Waals surface area (Å²) in [7, 11) is 1.65. The molecule has 0 saturated heterocycles. The lowest BCUT2D eigenvalue weighted by molar-refractivity contribution is -0.122. The molecule has 0 radical (unpaired) electrons. The molecule has 0 heterocycles. The summed E-state index contributed by atoms with van der Waals surface area (Å²) in [6, 6.07) is 0. The maximum absolute atomic E-state index is 11.6. The van der Waals surface area contributed by atoms with Crippen LogP contribution in [-0.4, -0.2) is 55.7 Å². The molecular formula is C11H23N3O2S. The Morgan fingerprint density at radius 1 is 1.53 bits per heavy atom. The van der Waals surface area contributed by atoms with E-state index in [1.807, 2.05) is 11.8 Å². The van der Waals surface area contributed by atoms with Gasteiger partial charge in [0.15, 0.2) is 0 Å². The van der Waals surface area contributed by atoms with Crippen LogP contribution < -0.4 is 11.1 Å². The van der Waals surface area contributed by atoms with Crippen LogP contribution in [0.25, 0.3) is 0 Å². The van der Waals surface area contributed by atoms with E-state index in [-0.39, 0.29) is 5.91 Å². The molecule has 100 valence electrons. The second-order valence-corrected chi connectivity index (χ2v) is 4.31. The van der Waals surface area contributed by atoms with Crippen molar-refractivity contribution >= 4 is 23.1 Å². The van der Waals surface area contributed by atoms with Gasteiger partial charge in [0.2, 0.25) is 5.91 Å². The fourth-order valence-electron chi connectivity index (χ4n) is 1.32. The van der Waals surface area contributed by atoms with Crippen molar-refractivity contribution in [3.8, 4) is 0 Å². The number of thiocarbonyl (C=S) groups is 1. The first-order chi connectivity index (χ1) is 8.10. The van der Waals surface area contributed by atoms with E-state index in [9.17, 15) is 4.79 Å². The Kier molecular flexibility index (Phi) is 9.99. The molecule has 0 spiro atoms. The minimum Gasteiger partial charge on any atom is -0.393 e. The maximum Gasteiger partial charge on any atom is 0.234 e. The average molecular weight is 261 g/mol. The molecule has 6 heteroatoms. The molecule has 0 saturated carbocycles.